The number of anilines is 2. The zero-order valence-electron chi connectivity index (χ0n) is 12.0. The maximum atomic E-state index is 10.1. The molecule has 114 valence electrons. The van der Waals surface area contributed by atoms with Crippen molar-refractivity contribution in [1.82, 2.24) is 15.0 Å². The van der Waals surface area contributed by atoms with Gasteiger partial charge in [0.2, 0.25) is 11.9 Å². The van der Waals surface area contributed by atoms with Crippen LogP contribution in [0.4, 0.5) is 11.9 Å². The highest BCUT2D eigenvalue weighted by atomic mass is 16.5. The van der Waals surface area contributed by atoms with E-state index in [-0.39, 0.29) is 24.5 Å². The summed E-state index contributed by atoms with van der Waals surface area (Å²) in [5, 5.41) is 13.0. The van der Waals surface area contributed by atoms with Gasteiger partial charge in [-0.25, -0.2) is 5.84 Å². The molecule has 9 nitrogen and oxygen atoms in total. The molecule has 0 radical (unpaired) electrons. The lowest BCUT2D eigenvalue weighted by molar-refractivity contribution is 0.0356. The van der Waals surface area contributed by atoms with Gasteiger partial charge in [0.05, 0.1) is 12.2 Å². The minimum Gasteiger partial charge on any atom is -0.464 e. The topological polar surface area (TPSA) is 127 Å². The Bertz CT molecular complexity index is 415. The third-order valence-corrected chi connectivity index (χ3v) is 2.49. The predicted octanol–water partition coefficient (Wildman–Crippen LogP) is -0.245. The van der Waals surface area contributed by atoms with E-state index in [2.05, 4.69) is 25.7 Å². The van der Waals surface area contributed by atoms with Gasteiger partial charge in [-0.2, -0.15) is 15.0 Å². The molecule has 0 amide bonds. The molecule has 1 aromatic rings. The lowest BCUT2D eigenvalue weighted by atomic mass is 10.0. The van der Waals surface area contributed by atoms with Crippen molar-refractivity contribution in [3.05, 3.63) is 0 Å². The van der Waals surface area contributed by atoms with Crippen molar-refractivity contribution in [2.75, 3.05) is 37.6 Å². The van der Waals surface area contributed by atoms with Gasteiger partial charge in [0.1, 0.15) is 0 Å². The predicted molar refractivity (Wildman–Crippen MR) is 74.4 cm³/mol. The van der Waals surface area contributed by atoms with Crippen molar-refractivity contribution in [2.45, 2.75) is 25.9 Å². The molecule has 0 saturated carbocycles. The first kappa shape index (κ1) is 16.3. The number of hydrazine groups is 1. The van der Waals surface area contributed by atoms with Crippen molar-refractivity contribution in [3.8, 4) is 6.01 Å². The number of aromatic nitrogens is 3. The fraction of sp³-hybridized carbons (Fsp3) is 0.727. The minimum absolute atomic E-state index is 0.162. The Morgan fingerprint density at radius 3 is 2.60 bits per heavy atom. The average molecular weight is 286 g/mol. The highest BCUT2D eigenvalue weighted by Gasteiger charge is 2.20. The van der Waals surface area contributed by atoms with Crippen molar-refractivity contribution in [2.24, 2.45) is 5.84 Å². The fourth-order valence-corrected chi connectivity index (χ4v) is 1.37. The average Bonchev–Trinajstić information content (AvgIpc) is 2.43. The number of hydrogen-bond donors (Lipinski definition) is 4. The molecule has 0 saturated heterocycles. The molecule has 0 fully saturated rings. The highest BCUT2D eigenvalue weighted by molar-refractivity contribution is 5.35. The van der Waals surface area contributed by atoms with Gasteiger partial charge in [0.15, 0.2) is 0 Å². The van der Waals surface area contributed by atoms with Crippen LogP contribution in [0.25, 0.3) is 0 Å². The van der Waals surface area contributed by atoms with E-state index in [1.807, 2.05) is 6.92 Å². The second-order valence-corrected chi connectivity index (χ2v) is 4.44. The molecule has 0 aliphatic heterocycles. The molecule has 1 atom stereocenters. The monoisotopic (exact) mass is 286 g/mol. The molecule has 1 heterocycles. The summed E-state index contributed by atoms with van der Waals surface area (Å²) in [6, 6.07) is 0.162. The van der Waals surface area contributed by atoms with E-state index in [4.69, 9.17) is 15.3 Å². The molecule has 0 aliphatic carbocycles. The van der Waals surface area contributed by atoms with Crippen LogP contribution < -0.4 is 21.3 Å². The van der Waals surface area contributed by atoms with Gasteiger partial charge >= 0.3 is 6.01 Å². The summed E-state index contributed by atoms with van der Waals surface area (Å²) in [7, 11) is 1.59. The largest absolute Gasteiger partial charge is 0.464 e. The van der Waals surface area contributed by atoms with Crippen LogP contribution in [0.1, 0.15) is 20.3 Å². The fourth-order valence-electron chi connectivity index (χ4n) is 1.37. The van der Waals surface area contributed by atoms with Gasteiger partial charge < -0.3 is 19.9 Å². The summed E-state index contributed by atoms with van der Waals surface area (Å²) in [6.07, 6.45) is 0.488. The van der Waals surface area contributed by atoms with Crippen LogP contribution in [0.15, 0.2) is 0 Å². The van der Waals surface area contributed by atoms with Crippen LogP contribution in [0.2, 0.25) is 0 Å². The maximum Gasteiger partial charge on any atom is 0.323 e. The second kappa shape index (κ2) is 7.78. The third-order valence-electron chi connectivity index (χ3n) is 2.49. The number of hydrogen-bond acceptors (Lipinski definition) is 9. The van der Waals surface area contributed by atoms with Gasteiger partial charge in [-0.15, -0.1) is 0 Å². The zero-order valence-corrected chi connectivity index (χ0v) is 12.0. The molecule has 0 aliphatic rings. The van der Waals surface area contributed by atoms with Gasteiger partial charge in [0.25, 0.3) is 0 Å². The van der Waals surface area contributed by atoms with Crippen LogP contribution in [0.3, 0.4) is 0 Å². The number of rotatable bonds is 9. The Labute approximate surface area is 117 Å². The van der Waals surface area contributed by atoms with Gasteiger partial charge in [-0.1, -0.05) is 0 Å². The van der Waals surface area contributed by atoms with E-state index < -0.39 is 5.60 Å². The molecule has 5 N–H and O–H groups in total. The van der Waals surface area contributed by atoms with Crippen LogP contribution in [0.5, 0.6) is 6.01 Å². The Balaban J connectivity index is 2.68. The first-order chi connectivity index (χ1) is 9.50. The zero-order chi connectivity index (χ0) is 15.0. The van der Waals surface area contributed by atoms with Crippen molar-refractivity contribution in [1.29, 1.82) is 0 Å². The van der Waals surface area contributed by atoms with E-state index in [0.717, 1.165) is 0 Å². The summed E-state index contributed by atoms with van der Waals surface area (Å²) in [5.41, 5.74) is 1.39. The molecular weight excluding hydrogens is 264 g/mol. The summed E-state index contributed by atoms with van der Waals surface area (Å²) in [5.74, 6) is 5.73. The number of methoxy groups -OCH3 is 1. The number of nitrogens with one attached hydrogen (secondary N) is 2. The van der Waals surface area contributed by atoms with Crippen LogP contribution >= 0.6 is 0 Å². The molecule has 0 spiro atoms. The van der Waals surface area contributed by atoms with Crippen molar-refractivity contribution >= 4 is 11.9 Å². The van der Waals surface area contributed by atoms with Crippen molar-refractivity contribution < 1.29 is 14.6 Å². The quantitative estimate of drug-likeness (QED) is 0.359. The second-order valence-electron chi connectivity index (χ2n) is 4.44. The number of nitrogen functional groups attached to an aromatic ring is 1. The molecule has 20 heavy (non-hydrogen) atoms. The lowest BCUT2D eigenvalue weighted by Crippen LogP contribution is -2.35. The molecule has 0 aromatic carbocycles. The first-order valence-corrected chi connectivity index (χ1v) is 6.31. The Morgan fingerprint density at radius 2 is 2.00 bits per heavy atom. The Kier molecular flexibility index (Phi) is 6.36. The highest BCUT2D eigenvalue weighted by Crippen LogP contribution is 2.13. The number of aliphatic hydroxyl groups is 1. The van der Waals surface area contributed by atoms with Crippen molar-refractivity contribution in [3.63, 3.8) is 0 Å². The number of nitrogens with zero attached hydrogens (tertiary/aromatic N) is 3. The smallest absolute Gasteiger partial charge is 0.323 e. The van der Waals surface area contributed by atoms with Gasteiger partial charge in [0, 0.05) is 26.7 Å². The molecule has 0 bridgehead atoms. The van der Waals surface area contributed by atoms with E-state index in [9.17, 15) is 5.11 Å². The van der Waals surface area contributed by atoms with Crippen LogP contribution in [-0.2, 0) is 4.74 Å². The maximum absolute atomic E-state index is 10.1. The Hall–Kier alpha value is -1.71. The van der Waals surface area contributed by atoms with E-state index in [1.165, 1.54) is 0 Å². The summed E-state index contributed by atoms with van der Waals surface area (Å²) in [4.78, 5) is 12.0. The number of ether oxygens (including phenoxy) is 2. The molecule has 1 aromatic heterocycles. The third kappa shape index (κ3) is 5.51. The van der Waals surface area contributed by atoms with Gasteiger partial charge in [-0.05, 0) is 13.8 Å². The molecular formula is C11H22N6O3. The standard InChI is InChI=1S/C11H22N6O3/c1-4-20-10-15-8(14-9(16-10)17-12)13-7-11(2,18)5-6-19-3/h18H,4-7,12H2,1-3H3,(H2,13,14,15,16,17). The molecule has 1 rings (SSSR count). The van der Waals surface area contributed by atoms with Gasteiger partial charge in [-0.3, -0.25) is 5.43 Å². The summed E-state index contributed by atoms with van der Waals surface area (Å²) >= 11 is 0. The van der Waals surface area contributed by atoms with E-state index in [1.54, 1.807) is 14.0 Å². The lowest BCUT2D eigenvalue weighted by Gasteiger charge is -2.23. The van der Waals surface area contributed by atoms with Crippen LogP contribution in [-0.4, -0.2) is 52.5 Å². The molecule has 1 unspecified atom stereocenters. The summed E-state index contributed by atoms with van der Waals surface area (Å²) < 4.78 is 10.1. The van der Waals surface area contributed by atoms with Crippen LogP contribution in [0, 0.1) is 0 Å². The normalized spacial score (nSPS) is 13.7. The SMILES string of the molecule is CCOc1nc(NN)nc(NCC(C)(O)CCOC)n1. The Morgan fingerprint density at radius 1 is 1.30 bits per heavy atom. The summed E-state index contributed by atoms with van der Waals surface area (Å²) in [6.45, 7) is 4.67. The minimum atomic E-state index is -0.940. The molecule has 9 heteroatoms. The number of nitrogens with two attached hydrogens (primary N) is 1. The first-order valence-electron chi connectivity index (χ1n) is 6.31. The van der Waals surface area contributed by atoms with E-state index in [0.29, 0.717) is 19.6 Å². The van der Waals surface area contributed by atoms with E-state index >= 15 is 0 Å².